The molecule has 0 saturated carbocycles. The fraction of sp³-hybridized carbons (Fsp3) is 0.0500. The monoisotopic (exact) mass is 379 g/mol. The van der Waals surface area contributed by atoms with Crippen molar-refractivity contribution >= 4 is 33.1 Å². The van der Waals surface area contributed by atoms with Gasteiger partial charge in [0.1, 0.15) is 16.6 Å². The number of fused-ring (bicyclic) bond motifs is 1. The van der Waals surface area contributed by atoms with Crippen LogP contribution in [-0.2, 0) is 4.79 Å². The number of benzene rings is 3. The van der Waals surface area contributed by atoms with Crippen LogP contribution in [0.3, 0.4) is 0 Å². The molecule has 0 saturated heterocycles. The van der Waals surface area contributed by atoms with Gasteiger partial charge >= 0.3 is 0 Å². The molecule has 0 spiro atoms. The predicted octanol–water partition coefficient (Wildman–Crippen LogP) is 4.51. The Morgan fingerprint density at radius 1 is 1.00 bits per heavy atom. The number of hydrogen-bond donors (Lipinski definition) is 1. The first-order chi connectivity index (χ1) is 13.2. The third-order valence-electron chi connectivity index (χ3n) is 3.85. The number of halogens is 1. The molecule has 4 rings (SSSR count). The SMILES string of the molecule is O=C(COc1ccc2ccccc2c1)Nc1nnc(-c2ccc(F)cc2)s1. The fourth-order valence-corrected chi connectivity index (χ4v) is 3.31. The van der Waals surface area contributed by atoms with Gasteiger partial charge in [-0.25, -0.2) is 4.39 Å². The van der Waals surface area contributed by atoms with Crippen LogP contribution in [0.15, 0.2) is 66.7 Å². The standard InChI is InChI=1S/C20H14FN3O2S/c21-16-8-5-14(6-9-16)19-23-24-20(27-19)22-18(25)12-26-17-10-7-13-3-1-2-4-15(13)11-17/h1-11H,12H2,(H,22,24,25). The average Bonchev–Trinajstić information content (AvgIpc) is 3.15. The number of carbonyl (C=O) groups excluding carboxylic acids is 1. The van der Waals surface area contributed by atoms with Crippen molar-refractivity contribution in [2.45, 2.75) is 0 Å². The van der Waals surface area contributed by atoms with Crippen LogP contribution in [-0.4, -0.2) is 22.7 Å². The molecule has 1 aromatic heterocycles. The van der Waals surface area contributed by atoms with Gasteiger partial charge in [-0.3, -0.25) is 10.1 Å². The number of aromatic nitrogens is 2. The summed E-state index contributed by atoms with van der Waals surface area (Å²) in [6, 6.07) is 19.5. The van der Waals surface area contributed by atoms with Gasteiger partial charge in [-0.15, -0.1) is 10.2 Å². The first kappa shape index (κ1) is 17.1. The number of rotatable bonds is 5. The number of ether oxygens (including phenoxy) is 1. The molecule has 0 atom stereocenters. The second kappa shape index (κ2) is 7.51. The van der Waals surface area contributed by atoms with Gasteiger partial charge in [0.15, 0.2) is 6.61 Å². The van der Waals surface area contributed by atoms with E-state index in [1.165, 1.54) is 23.5 Å². The molecule has 0 unspecified atom stereocenters. The Morgan fingerprint density at radius 3 is 2.59 bits per heavy atom. The number of hydrogen-bond acceptors (Lipinski definition) is 5. The first-order valence-electron chi connectivity index (χ1n) is 8.18. The van der Waals surface area contributed by atoms with E-state index in [1.807, 2.05) is 42.5 Å². The molecule has 0 fully saturated rings. The predicted molar refractivity (Wildman–Crippen MR) is 103 cm³/mol. The fourth-order valence-electron chi connectivity index (χ4n) is 2.54. The Labute approximate surface area is 158 Å². The summed E-state index contributed by atoms with van der Waals surface area (Å²) in [6.45, 7) is -0.135. The molecule has 0 aliphatic rings. The van der Waals surface area contributed by atoms with E-state index in [9.17, 15) is 9.18 Å². The maximum absolute atomic E-state index is 13.0. The molecule has 0 aliphatic carbocycles. The topological polar surface area (TPSA) is 64.1 Å². The van der Waals surface area contributed by atoms with Crippen molar-refractivity contribution in [3.8, 4) is 16.3 Å². The first-order valence-corrected chi connectivity index (χ1v) is 9.00. The summed E-state index contributed by atoms with van der Waals surface area (Å²) in [5, 5.41) is 13.7. The summed E-state index contributed by atoms with van der Waals surface area (Å²) in [5.41, 5.74) is 0.738. The second-order valence-electron chi connectivity index (χ2n) is 5.77. The van der Waals surface area contributed by atoms with Crippen LogP contribution >= 0.6 is 11.3 Å². The molecule has 0 aliphatic heterocycles. The normalized spacial score (nSPS) is 10.7. The maximum atomic E-state index is 13.0. The van der Waals surface area contributed by atoms with E-state index in [4.69, 9.17) is 4.74 Å². The molecule has 0 bridgehead atoms. The molecule has 0 radical (unpaired) electrons. The second-order valence-corrected chi connectivity index (χ2v) is 6.74. The van der Waals surface area contributed by atoms with Gasteiger partial charge in [-0.2, -0.15) is 0 Å². The van der Waals surface area contributed by atoms with Crippen LogP contribution in [0.25, 0.3) is 21.3 Å². The third kappa shape index (κ3) is 4.09. The molecule has 1 N–H and O–H groups in total. The smallest absolute Gasteiger partial charge is 0.264 e. The Kier molecular flexibility index (Phi) is 4.76. The van der Waals surface area contributed by atoms with Gasteiger partial charge in [0.2, 0.25) is 5.13 Å². The Bertz CT molecular complexity index is 1100. The van der Waals surface area contributed by atoms with Gasteiger partial charge in [0.25, 0.3) is 5.91 Å². The van der Waals surface area contributed by atoms with Crippen molar-refractivity contribution in [3.05, 3.63) is 72.5 Å². The molecular weight excluding hydrogens is 365 g/mol. The molecule has 27 heavy (non-hydrogen) atoms. The summed E-state index contributed by atoms with van der Waals surface area (Å²) in [7, 11) is 0. The lowest BCUT2D eigenvalue weighted by molar-refractivity contribution is -0.118. The molecule has 4 aromatic rings. The number of anilines is 1. The summed E-state index contributed by atoms with van der Waals surface area (Å²) in [4.78, 5) is 12.1. The maximum Gasteiger partial charge on any atom is 0.264 e. The third-order valence-corrected chi connectivity index (χ3v) is 4.74. The summed E-state index contributed by atoms with van der Waals surface area (Å²) >= 11 is 1.21. The lowest BCUT2D eigenvalue weighted by Gasteiger charge is -2.06. The molecule has 1 heterocycles. The van der Waals surface area contributed by atoms with Crippen LogP contribution in [0.1, 0.15) is 0 Å². The summed E-state index contributed by atoms with van der Waals surface area (Å²) < 4.78 is 18.5. The van der Waals surface area contributed by atoms with Gasteiger partial charge in [0.05, 0.1) is 0 Å². The zero-order chi connectivity index (χ0) is 18.6. The van der Waals surface area contributed by atoms with E-state index in [1.54, 1.807) is 12.1 Å². The molecular formula is C20H14FN3O2S. The Balaban J connectivity index is 1.37. The minimum atomic E-state index is -0.329. The zero-order valence-electron chi connectivity index (χ0n) is 14.1. The zero-order valence-corrected chi connectivity index (χ0v) is 14.9. The molecule has 3 aromatic carbocycles. The van der Waals surface area contributed by atoms with Crippen LogP contribution in [0.2, 0.25) is 0 Å². The highest BCUT2D eigenvalue weighted by atomic mass is 32.1. The molecule has 7 heteroatoms. The minimum absolute atomic E-state index is 0.135. The highest BCUT2D eigenvalue weighted by Crippen LogP contribution is 2.26. The van der Waals surface area contributed by atoms with Crippen molar-refractivity contribution in [3.63, 3.8) is 0 Å². The Morgan fingerprint density at radius 2 is 1.78 bits per heavy atom. The molecule has 1 amide bonds. The van der Waals surface area contributed by atoms with Crippen molar-refractivity contribution in [2.75, 3.05) is 11.9 Å². The van der Waals surface area contributed by atoms with Gasteiger partial charge in [-0.1, -0.05) is 41.7 Å². The van der Waals surface area contributed by atoms with E-state index in [0.717, 1.165) is 16.3 Å². The van der Waals surface area contributed by atoms with Crippen molar-refractivity contribution in [1.29, 1.82) is 0 Å². The number of amides is 1. The van der Waals surface area contributed by atoms with Crippen LogP contribution in [0.4, 0.5) is 9.52 Å². The highest BCUT2D eigenvalue weighted by Gasteiger charge is 2.10. The van der Waals surface area contributed by atoms with Crippen LogP contribution in [0, 0.1) is 5.82 Å². The summed E-state index contributed by atoms with van der Waals surface area (Å²) in [6.07, 6.45) is 0. The number of carbonyl (C=O) groups is 1. The largest absolute Gasteiger partial charge is 0.484 e. The van der Waals surface area contributed by atoms with Gasteiger partial charge in [-0.05, 0) is 47.2 Å². The van der Waals surface area contributed by atoms with E-state index >= 15 is 0 Å². The minimum Gasteiger partial charge on any atom is -0.484 e. The summed E-state index contributed by atoms with van der Waals surface area (Å²) in [5.74, 6) is -0.0271. The van der Waals surface area contributed by atoms with E-state index in [0.29, 0.717) is 15.9 Å². The number of nitrogens with zero attached hydrogens (tertiary/aromatic N) is 2. The molecule has 5 nitrogen and oxygen atoms in total. The quantitative estimate of drug-likeness (QED) is 0.554. The van der Waals surface area contributed by atoms with Gasteiger partial charge in [0, 0.05) is 5.56 Å². The number of nitrogens with one attached hydrogen (secondary N) is 1. The lowest BCUT2D eigenvalue weighted by atomic mass is 10.1. The van der Waals surface area contributed by atoms with Gasteiger partial charge < -0.3 is 4.74 Å². The Hall–Kier alpha value is -3.32. The van der Waals surface area contributed by atoms with Crippen molar-refractivity contribution < 1.29 is 13.9 Å². The van der Waals surface area contributed by atoms with Crippen LogP contribution < -0.4 is 10.1 Å². The van der Waals surface area contributed by atoms with E-state index in [-0.39, 0.29) is 18.3 Å². The van der Waals surface area contributed by atoms with Crippen molar-refractivity contribution in [2.24, 2.45) is 0 Å². The molecule has 134 valence electrons. The van der Waals surface area contributed by atoms with Crippen LogP contribution in [0.5, 0.6) is 5.75 Å². The van der Waals surface area contributed by atoms with Crippen molar-refractivity contribution in [1.82, 2.24) is 10.2 Å². The van der Waals surface area contributed by atoms with E-state index < -0.39 is 0 Å². The highest BCUT2D eigenvalue weighted by molar-refractivity contribution is 7.18. The van der Waals surface area contributed by atoms with E-state index in [2.05, 4.69) is 15.5 Å². The average molecular weight is 379 g/mol. The lowest BCUT2D eigenvalue weighted by Crippen LogP contribution is -2.20.